The summed E-state index contributed by atoms with van der Waals surface area (Å²) in [5.41, 5.74) is 0.893. The number of nitrogens with zero attached hydrogens (tertiary/aromatic N) is 4. The summed E-state index contributed by atoms with van der Waals surface area (Å²) >= 11 is 0. The zero-order valence-corrected chi connectivity index (χ0v) is 16.1. The van der Waals surface area contributed by atoms with Crippen molar-refractivity contribution in [2.24, 2.45) is 0 Å². The summed E-state index contributed by atoms with van der Waals surface area (Å²) in [6.07, 6.45) is -5.15. The van der Waals surface area contributed by atoms with Crippen molar-refractivity contribution in [2.75, 3.05) is 18.0 Å². The van der Waals surface area contributed by atoms with E-state index < -0.39 is 24.2 Å². The number of carbonyl (C=O) groups excluding carboxylic acids is 1. The lowest BCUT2D eigenvalue weighted by molar-refractivity contribution is -0.146. The molecule has 158 valence electrons. The van der Waals surface area contributed by atoms with E-state index in [0.29, 0.717) is 17.9 Å². The molecule has 1 saturated heterocycles. The second-order valence-electron chi connectivity index (χ2n) is 7.22. The number of aromatic nitrogens is 2. The maximum absolute atomic E-state index is 12.8. The monoisotopic (exact) mass is 419 g/mol. The molecule has 1 fully saturated rings. The molecular weight excluding hydrogens is 399 g/mol. The van der Waals surface area contributed by atoms with Crippen molar-refractivity contribution in [2.45, 2.75) is 37.6 Å². The molecule has 30 heavy (non-hydrogen) atoms. The Bertz CT molecular complexity index is 925. The normalized spacial score (nSPS) is 19.9. The number of anilines is 1. The minimum absolute atomic E-state index is 0.0133. The van der Waals surface area contributed by atoms with Crippen molar-refractivity contribution in [3.8, 4) is 6.07 Å². The van der Waals surface area contributed by atoms with E-state index in [2.05, 4.69) is 15.5 Å². The summed E-state index contributed by atoms with van der Waals surface area (Å²) in [5, 5.41) is 29.5. The molecule has 2 heterocycles. The number of nitriles is 1. The first kappa shape index (κ1) is 21.5. The highest BCUT2D eigenvalue weighted by molar-refractivity contribution is 5.79. The number of β-amino-alcohol motifs (C(OH)–C–C–N with tert-alkyl or cyclic N) is 1. The lowest BCUT2D eigenvalue weighted by Gasteiger charge is -2.18. The minimum atomic E-state index is -4.32. The molecule has 0 radical (unpaired) electrons. The largest absolute Gasteiger partial charge is 0.395 e. The van der Waals surface area contributed by atoms with Crippen LogP contribution < -0.4 is 10.2 Å². The minimum Gasteiger partial charge on any atom is -0.389 e. The van der Waals surface area contributed by atoms with Gasteiger partial charge in [0.15, 0.2) is 11.5 Å². The Hall–Kier alpha value is -3.19. The molecule has 3 rings (SSSR count). The Labute approximate surface area is 171 Å². The summed E-state index contributed by atoms with van der Waals surface area (Å²) in [7, 11) is 0. The maximum Gasteiger partial charge on any atom is 0.395 e. The van der Waals surface area contributed by atoms with E-state index in [0.717, 1.165) is 6.92 Å². The number of halogens is 3. The molecule has 1 aromatic heterocycles. The van der Waals surface area contributed by atoms with Gasteiger partial charge in [-0.1, -0.05) is 24.3 Å². The quantitative estimate of drug-likeness (QED) is 0.768. The average molecular weight is 419 g/mol. The molecule has 1 amide bonds. The van der Waals surface area contributed by atoms with Crippen molar-refractivity contribution < 1.29 is 23.1 Å². The van der Waals surface area contributed by atoms with Crippen molar-refractivity contribution in [1.82, 2.24) is 15.5 Å². The Kier molecular flexibility index (Phi) is 6.22. The fourth-order valence-electron chi connectivity index (χ4n) is 3.23. The van der Waals surface area contributed by atoms with Gasteiger partial charge in [0, 0.05) is 13.1 Å². The smallest absolute Gasteiger partial charge is 0.389 e. The van der Waals surface area contributed by atoms with Crippen LogP contribution in [0.5, 0.6) is 0 Å². The fraction of sp³-hybridized carbons (Fsp3) is 0.400. The van der Waals surface area contributed by atoms with Crippen molar-refractivity contribution in [3.63, 3.8) is 0 Å². The highest BCUT2D eigenvalue weighted by atomic mass is 19.4. The van der Waals surface area contributed by atoms with E-state index in [4.69, 9.17) is 5.26 Å². The molecule has 3 atom stereocenters. The summed E-state index contributed by atoms with van der Waals surface area (Å²) in [6.45, 7) is 1.65. The number of aliphatic hydroxyl groups is 1. The molecule has 7 nitrogen and oxygen atoms in total. The van der Waals surface area contributed by atoms with E-state index in [-0.39, 0.29) is 30.1 Å². The zero-order chi connectivity index (χ0) is 21.9. The van der Waals surface area contributed by atoms with Gasteiger partial charge < -0.3 is 15.3 Å². The van der Waals surface area contributed by atoms with Crippen molar-refractivity contribution in [1.29, 1.82) is 5.26 Å². The van der Waals surface area contributed by atoms with Crippen LogP contribution in [-0.4, -0.2) is 52.6 Å². The van der Waals surface area contributed by atoms with Gasteiger partial charge in [-0.05, 0) is 30.2 Å². The predicted octanol–water partition coefficient (Wildman–Crippen LogP) is 1.92. The fourth-order valence-corrected chi connectivity index (χ4v) is 3.23. The number of carbonyl (C=O) groups is 1. The molecule has 0 aliphatic carbocycles. The lowest BCUT2D eigenvalue weighted by Crippen LogP contribution is -2.43. The molecule has 1 unspecified atom stereocenters. The highest BCUT2D eigenvalue weighted by Gasteiger charge is 2.37. The Morgan fingerprint density at radius 3 is 2.53 bits per heavy atom. The van der Waals surface area contributed by atoms with Gasteiger partial charge in [0.2, 0.25) is 5.91 Å². The Balaban J connectivity index is 1.56. The molecule has 2 aromatic rings. The van der Waals surface area contributed by atoms with Crippen LogP contribution in [0.4, 0.5) is 19.0 Å². The molecule has 2 N–H and O–H groups in total. The Morgan fingerprint density at radius 2 is 1.97 bits per heavy atom. The van der Waals surface area contributed by atoms with E-state index in [1.807, 2.05) is 6.07 Å². The van der Waals surface area contributed by atoms with Crippen LogP contribution in [0.15, 0.2) is 36.4 Å². The van der Waals surface area contributed by atoms with Crippen molar-refractivity contribution in [3.05, 3.63) is 53.2 Å². The van der Waals surface area contributed by atoms with Crippen LogP contribution in [0.3, 0.4) is 0 Å². The topological polar surface area (TPSA) is 102 Å². The second-order valence-corrected chi connectivity index (χ2v) is 7.22. The summed E-state index contributed by atoms with van der Waals surface area (Å²) < 4.78 is 38.4. The molecule has 0 bridgehead atoms. The van der Waals surface area contributed by atoms with E-state index >= 15 is 0 Å². The molecule has 10 heteroatoms. The molecule has 1 aromatic carbocycles. The van der Waals surface area contributed by atoms with Crippen LogP contribution in [-0.2, 0) is 11.2 Å². The van der Waals surface area contributed by atoms with Gasteiger partial charge in [-0.25, -0.2) is 0 Å². The third kappa shape index (κ3) is 5.04. The number of alkyl halides is 3. The summed E-state index contributed by atoms with van der Waals surface area (Å²) in [6, 6.07) is 10.2. The van der Waals surface area contributed by atoms with Crippen LogP contribution in [0.2, 0.25) is 0 Å². The van der Waals surface area contributed by atoms with Crippen LogP contribution in [0, 0.1) is 11.3 Å². The van der Waals surface area contributed by atoms with Gasteiger partial charge in [-0.15, -0.1) is 10.2 Å². The van der Waals surface area contributed by atoms with Gasteiger partial charge in [-0.3, -0.25) is 4.79 Å². The van der Waals surface area contributed by atoms with Gasteiger partial charge >= 0.3 is 6.18 Å². The molecule has 1 aliphatic heterocycles. The highest BCUT2D eigenvalue weighted by Crippen LogP contribution is 2.34. The summed E-state index contributed by atoms with van der Waals surface area (Å²) in [4.78, 5) is 14.1. The van der Waals surface area contributed by atoms with Gasteiger partial charge in [0.1, 0.15) is 6.07 Å². The first-order chi connectivity index (χ1) is 14.2. The maximum atomic E-state index is 12.8. The zero-order valence-electron chi connectivity index (χ0n) is 16.1. The second kappa shape index (κ2) is 8.67. The van der Waals surface area contributed by atoms with E-state index in [9.17, 15) is 23.1 Å². The SMILES string of the molecule is CC(c1ccc(CC(=O)N[C@@H]2CN(c3ccc(C#N)nn3)C[C@H]2O)cc1)C(F)(F)F. The summed E-state index contributed by atoms with van der Waals surface area (Å²) in [5.74, 6) is -1.44. The lowest BCUT2D eigenvalue weighted by atomic mass is 9.98. The molecule has 0 saturated carbocycles. The third-order valence-corrected chi connectivity index (χ3v) is 5.06. The van der Waals surface area contributed by atoms with E-state index in [1.54, 1.807) is 11.0 Å². The number of rotatable bonds is 5. The number of aliphatic hydroxyl groups excluding tert-OH is 1. The number of benzene rings is 1. The van der Waals surface area contributed by atoms with Gasteiger partial charge in [0.05, 0.1) is 24.5 Å². The molecule has 1 aliphatic rings. The predicted molar refractivity (Wildman–Crippen MR) is 102 cm³/mol. The number of nitrogens with one attached hydrogen (secondary N) is 1. The number of hydrogen-bond donors (Lipinski definition) is 2. The molecule has 0 spiro atoms. The van der Waals surface area contributed by atoms with Crippen molar-refractivity contribution >= 4 is 11.7 Å². The van der Waals surface area contributed by atoms with Gasteiger partial charge in [-0.2, -0.15) is 18.4 Å². The first-order valence-corrected chi connectivity index (χ1v) is 9.29. The van der Waals surface area contributed by atoms with Gasteiger partial charge in [0.25, 0.3) is 0 Å². The third-order valence-electron chi connectivity index (χ3n) is 5.06. The standard InChI is InChI=1S/C20H20F3N5O2/c1-12(20(21,22)23)14-4-2-13(3-5-14)8-19(30)25-16-10-28(11-17(16)29)18-7-6-15(9-24)26-27-18/h2-7,12,16-17,29H,8,10-11H2,1H3,(H,25,30)/t12?,16-,17-/m1/s1. The number of amides is 1. The van der Waals surface area contributed by atoms with E-state index in [1.165, 1.54) is 30.3 Å². The van der Waals surface area contributed by atoms with Crippen LogP contribution in [0.1, 0.15) is 29.7 Å². The van der Waals surface area contributed by atoms with Crippen LogP contribution in [0.25, 0.3) is 0 Å². The Morgan fingerprint density at radius 1 is 1.27 bits per heavy atom. The average Bonchev–Trinajstić information content (AvgIpc) is 3.07. The number of hydrogen-bond acceptors (Lipinski definition) is 6. The molecular formula is C20H20F3N5O2. The first-order valence-electron chi connectivity index (χ1n) is 9.29. The van der Waals surface area contributed by atoms with Crippen LogP contribution >= 0.6 is 0 Å².